The lowest BCUT2D eigenvalue weighted by Gasteiger charge is -2.12. The van der Waals surface area contributed by atoms with Crippen molar-refractivity contribution < 1.29 is 0 Å². The third-order valence-electron chi connectivity index (χ3n) is 3.39. The van der Waals surface area contributed by atoms with Crippen LogP contribution < -0.4 is 5.32 Å². The summed E-state index contributed by atoms with van der Waals surface area (Å²) >= 11 is 2.00. The molecule has 0 aromatic heterocycles. The molecule has 0 saturated carbocycles. The first-order valence-electron chi connectivity index (χ1n) is 6.30. The maximum atomic E-state index is 3.66. The molecule has 1 aliphatic rings. The van der Waals surface area contributed by atoms with Gasteiger partial charge in [0.05, 0.1) is 10.1 Å². The lowest BCUT2D eigenvalue weighted by Crippen LogP contribution is -2.28. The van der Waals surface area contributed by atoms with Crippen LogP contribution in [0.4, 0.5) is 0 Å². The van der Waals surface area contributed by atoms with Crippen LogP contribution >= 0.6 is 11.8 Å². The van der Waals surface area contributed by atoms with E-state index in [1.165, 1.54) is 11.1 Å². The third-order valence-corrected chi connectivity index (χ3v) is 4.99. The molecule has 0 radical (unpaired) electrons. The maximum Gasteiger partial charge on any atom is 0.0788 e. The number of nitrogens with one attached hydrogen (secondary N) is 1. The van der Waals surface area contributed by atoms with E-state index in [1.807, 2.05) is 11.8 Å². The van der Waals surface area contributed by atoms with Crippen LogP contribution in [0.1, 0.15) is 23.3 Å². The summed E-state index contributed by atoms with van der Waals surface area (Å²) in [5.41, 5.74) is 2.77. The van der Waals surface area contributed by atoms with Crippen molar-refractivity contribution in [3.8, 4) is 0 Å². The van der Waals surface area contributed by atoms with Gasteiger partial charge in [-0.15, -0.1) is 11.8 Å². The Morgan fingerprint density at radius 3 is 2.28 bits per heavy atom. The van der Waals surface area contributed by atoms with Crippen LogP contribution in [0.3, 0.4) is 0 Å². The molecule has 1 heterocycles. The first-order valence-corrected chi connectivity index (χ1v) is 7.18. The van der Waals surface area contributed by atoms with Crippen molar-refractivity contribution in [2.75, 3.05) is 0 Å². The minimum Gasteiger partial charge on any atom is -0.298 e. The number of thioether (sulfide) groups is 1. The second-order valence-corrected chi connectivity index (χ2v) is 6.41. The molecule has 3 rings (SSSR count). The Labute approximate surface area is 113 Å². The number of hydrogen-bond acceptors (Lipinski definition) is 2. The van der Waals surface area contributed by atoms with Gasteiger partial charge in [0.1, 0.15) is 0 Å². The van der Waals surface area contributed by atoms with Crippen molar-refractivity contribution in [3.63, 3.8) is 0 Å². The molecule has 1 nitrogen and oxygen atoms in total. The first-order chi connectivity index (χ1) is 8.78. The standard InChI is InChI=1S/C16H17NS/c1-16(17-12-13-8-4-2-5-9-13)15(18-16)14-10-6-3-7-11-14/h2-11,15,17H,12H2,1H3/t15?,16-/m0/s1. The van der Waals surface area contributed by atoms with Crippen molar-refractivity contribution >= 4 is 11.8 Å². The highest BCUT2D eigenvalue weighted by Crippen LogP contribution is 2.62. The van der Waals surface area contributed by atoms with E-state index in [1.54, 1.807) is 0 Å². The van der Waals surface area contributed by atoms with Crippen molar-refractivity contribution in [2.24, 2.45) is 0 Å². The second kappa shape index (κ2) is 4.79. The average molecular weight is 255 g/mol. The summed E-state index contributed by atoms with van der Waals surface area (Å²) in [6.45, 7) is 3.23. The maximum absolute atomic E-state index is 3.66. The Bertz CT molecular complexity index is 511. The van der Waals surface area contributed by atoms with Crippen LogP contribution in [0.15, 0.2) is 60.7 Å². The van der Waals surface area contributed by atoms with E-state index in [-0.39, 0.29) is 4.87 Å². The van der Waals surface area contributed by atoms with Gasteiger partial charge in [0.2, 0.25) is 0 Å². The number of rotatable bonds is 4. The van der Waals surface area contributed by atoms with Crippen LogP contribution in [0, 0.1) is 0 Å². The third kappa shape index (κ3) is 2.45. The molecule has 0 aliphatic carbocycles. The van der Waals surface area contributed by atoms with Gasteiger partial charge in [-0.1, -0.05) is 60.7 Å². The zero-order valence-electron chi connectivity index (χ0n) is 10.5. The molecule has 2 heteroatoms. The molecule has 18 heavy (non-hydrogen) atoms. The van der Waals surface area contributed by atoms with Crippen molar-refractivity contribution in [1.82, 2.24) is 5.32 Å². The van der Waals surface area contributed by atoms with Gasteiger partial charge in [-0.25, -0.2) is 0 Å². The molecule has 2 atom stereocenters. The molecule has 0 spiro atoms. The van der Waals surface area contributed by atoms with Crippen molar-refractivity contribution in [3.05, 3.63) is 71.8 Å². The molecule has 92 valence electrons. The predicted octanol–water partition coefficient (Wildman–Crippen LogP) is 3.98. The monoisotopic (exact) mass is 255 g/mol. The fourth-order valence-corrected chi connectivity index (χ4v) is 3.32. The average Bonchev–Trinajstić information content (AvgIpc) is 3.12. The normalized spacial score (nSPS) is 25.9. The number of benzene rings is 2. The highest BCUT2D eigenvalue weighted by atomic mass is 32.2. The molecule has 1 N–H and O–H groups in total. The quantitative estimate of drug-likeness (QED) is 0.829. The van der Waals surface area contributed by atoms with Crippen molar-refractivity contribution in [2.45, 2.75) is 23.6 Å². The molecule has 1 saturated heterocycles. The summed E-state index contributed by atoms with van der Waals surface area (Å²) in [6, 6.07) is 21.3. The van der Waals surface area contributed by atoms with E-state index in [2.05, 4.69) is 72.9 Å². The Hall–Kier alpha value is -1.25. The van der Waals surface area contributed by atoms with Crippen LogP contribution in [-0.4, -0.2) is 4.87 Å². The smallest absolute Gasteiger partial charge is 0.0788 e. The first kappa shape index (κ1) is 11.8. The minimum absolute atomic E-state index is 0.192. The Morgan fingerprint density at radius 2 is 1.61 bits per heavy atom. The van der Waals surface area contributed by atoms with Crippen LogP contribution in [0.5, 0.6) is 0 Å². The summed E-state index contributed by atoms with van der Waals surface area (Å²) in [5, 5.41) is 4.25. The molecule has 0 bridgehead atoms. The van der Waals surface area contributed by atoms with E-state index < -0.39 is 0 Å². The van der Waals surface area contributed by atoms with Gasteiger partial charge in [-0.2, -0.15) is 0 Å². The lowest BCUT2D eigenvalue weighted by atomic mass is 10.1. The molecular weight excluding hydrogens is 238 g/mol. The van der Waals surface area contributed by atoms with Crippen LogP contribution in [0.25, 0.3) is 0 Å². The van der Waals surface area contributed by atoms with Gasteiger partial charge in [-0.05, 0) is 18.1 Å². The molecule has 1 aliphatic heterocycles. The highest BCUT2D eigenvalue weighted by molar-refractivity contribution is 8.08. The number of hydrogen-bond donors (Lipinski definition) is 1. The van der Waals surface area contributed by atoms with Gasteiger partial charge in [0.15, 0.2) is 0 Å². The SMILES string of the molecule is C[C@]1(NCc2ccccc2)SC1c1ccccc1. The minimum atomic E-state index is 0.192. The molecule has 0 amide bonds. The van der Waals surface area contributed by atoms with Gasteiger partial charge >= 0.3 is 0 Å². The molecular formula is C16H17NS. The van der Waals surface area contributed by atoms with Gasteiger partial charge in [0.25, 0.3) is 0 Å². The molecule has 2 aromatic carbocycles. The van der Waals surface area contributed by atoms with Crippen LogP contribution in [0.2, 0.25) is 0 Å². The topological polar surface area (TPSA) is 12.0 Å². The zero-order valence-corrected chi connectivity index (χ0v) is 11.3. The van der Waals surface area contributed by atoms with Gasteiger partial charge in [-0.3, -0.25) is 5.32 Å². The Balaban J connectivity index is 1.62. The van der Waals surface area contributed by atoms with Crippen molar-refractivity contribution in [1.29, 1.82) is 0 Å². The van der Waals surface area contributed by atoms with E-state index in [0.717, 1.165) is 6.54 Å². The highest BCUT2D eigenvalue weighted by Gasteiger charge is 2.51. The largest absolute Gasteiger partial charge is 0.298 e. The zero-order chi connectivity index (χ0) is 12.4. The summed E-state index contributed by atoms with van der Waals surface area (Å²) in [4.78, 5) is 0.192. The van der Waals surface area contributed by atoms with E-state index in [4.69, 9.17) is 0 Å². The predicted molar refractivity (Wildman–Crippen MR) is 78.5 cm³/mol. The molecule has 2 aromatic rings. The van der Waals surface area contributed by atoms with E-state index in [9.17, 15) is 0 Å². The second-order valence-electron chi connectivity index (χ2n) is 4.85. The van der Waals surface area contributed by atoms with E-state index in [0.29, 0.717) is 5.25 Å². The Kier molecular flexibility index (Phi) is 3.14. The molecule has 1 unspecified atom stereocenters. The summed E-state index contributed by atoms with van der Waals surface area (Å²) in [5.74, 6) is 0. The summed E-state index contributed by atoms with van der Waals surface area (Å²) in [6.07, 6.45) is 0. The fraction of sp³-hybridized carbons (Fsp3) is 0.250. The van der Waals surface area contributed by atoms with Crippen LogP contribution in [-0.2, 0) is 6.54 Å². The molecule has 1 fully saturated rings. The Morgan fingerprint density at radius 1 is 1.00 bits per heavy atom. The summed E-state index contributed by atoms with van der Waals surface area (Å²) in [7, 11) is 0. The van der Waals surface area contributed by atoms with Gasteiger partial charge in [0, 0.05) is 6.54 Å². The van der Waals surface area contributed by atoms with Gasteiger partial charge < -0.3 is 0 Å². The lowest BCUT2D eigenvalue weighted by molar-refractivity contribution is 0.550. The summed E-state index contributed by atoms with van der Waals surface area (Å²) < 4.78 is 0. The fourth-order valence-electron chi connectivity index (χ4n) is 2.23. The van der Waals surface area contributed by atoms with E-state index >= 15 is 0 Å².